The van der Waals surface area contributed by atoms with Crippen LogP contribution in [0, 0.1) is 0 Å². The lowest BCUT2D eigenvalue weighted by Gasteiger charge is -2.40. The molecular formula is C20H36N2O. The van der Waals surface area contributed by atoms with Crippen LogP contribution in [-0.4, -0.2) is 47.9 Å². The molecule has 0 bridgehead atoms. The number of carbonyl (C=O) groups excluding carboxylic acids is 1. The monoisotopic (exact) mass is 320 g/mol. The lowest BCUT2D eigenvalue weighted by atomic mass is 9.94. The molecule has 0 unspecified atom stereocenters. The van der Waals surface area contributed by atoms with Gasteiger partial charge in [0.25, 0.3) is 0 Å². The second-order valence-corrected chi connectivity index (χ2v) is 7.26. The molecule has 1 aliphatic carbocycles. The smallest absolute Gasteiger partial charge is 0.246 e. The Bertz CT molecular complexity index is 353. The van der Waals surface area contributed by atoms with E-state index in [0.29, 0.717) is 0 Å². The molecule has 1 saturated heterocycles. The van der Waals surface area contributed by atoms with Gasteiger partial charge in [-0.2, -0.15) is 0 Å². The maximum Gasteiger partial charge on any atom is 0.246 e. The Morgan fingerprint density at radius 2 is 1.65 bits per heavy atom. The van der Waals surface area contributed by atoms with Crippen molar-refractivity contribution in [1.29, 1.82) is 0 Å². The van der Waals surface area contributed by atoms with E-state index >= 15 is 0 Å². The number of piperazine rings is 1. The summed E-state index contributed by atoms with van der Waals surface area (Å²) in [5, 5.41) is 0. The van der Waals surface area contributed by atoms with Gasteiger partial charge in [0.15, 0.2) is 0 Å². The van der Waals surface area contributed by atoms with E-state index < -0.39 is 0 Å². The van der Waals surface area contributed by atoms with E-state index in [1.807, 2.05) is 11.0 Å². The molecule has 0 atom stereocenters. The van der Waals surface area contributed by atoms with Crippen LogP contribution in [0.2, 0.25) is 0 Å². The van der Waals surface area contributed by atoms with Crippen molar-refractivity contribution in [2.75, 3.05) is 26.2 Å². The quantitative estimate of drug-likeness (QED) is 0.489. The topological polar surface area (TPSA) is 23.6 Å². The highest BCUT2D eigenvalue weighted by Gasteiger charge is 2.26. The van der Waals surface area contributed by atoms with Gasteiger partial charge in [0.05, 0.1) is 0 Å². The number of allylic oxidation sites excluding steroid dienone is 1. The van der Waals surface area contributed by atoms with Crippen molar-refractivity contribution in [1.82, 2.24) is 9.80 Å². The van der Waals surface area contributed by atoms with Gasteiger partial charge in [-0.25, -0.2) is 0 Å². The summed E-state index contributed by atoms with van der Waals surface area (Å²) < 4.78 is 0. The van der Waals surface area contributed by atoms with Crippen molar-refractivity contribution in [3.8, 4) is 0 Å². The Hall–Kier alpha value is -0.830. The SMILES string of the molecule is CCCCCCC/C=C/C(=O)N1CCN(C2CCCCC2)CC1. The van der Waals surface area contributed by atoms with Crippen LogP contribution in [0.3, 0.4) is 0 Å². The molecule has 0 spiro atoms. The standard InChI is InChI=1S/C20H36N2O/c1-2-3-4-5-6-7-11-14-20(23)22-17-15-21(16-18-22)19-12-9-8-10-13-19/h11,14,19H,2-10,12-13,15-18H2,1H3/b14-11+. The van der Waals surface area contributed by atoms with Crippen molar-refractivity contribution in [2.24, 2.45) is 0 Å². The third-order valence-corrected chi connectivity index (χ3v) is 5.45. The molecule has 2 rings (SSSR count). The summed E-state index contributed by atoms with van der Waals surface area (Å²) in [6, 6.07) is 0.791. The second-order valence-electron chi connectivity index (χ2n) is 7.26. The van der Waals surface area contributed by atoms with Crippen molar-refractivity contribution in [3.05, 3.63) is 12.2 Å². The summed E-state index contributed by atoms with van der Waals surface area (Å²) >= 11 is 0. The van der Waals surface area contributed by atoms with Crippen LogP contribution in [0.1, 0.15) is 77.6 Å². The Labute approximate surface area is 143 Å². The Morgan fingerprint density at radius 1 is 0.957 bits per heavy atom. The van der Waals surface area contributed by atoms with E-state index in [2.05, 4.69) is 17.9 Å². The largest absolute Gasteiger partial charge is 0.337 e. The summed E-state index contributed by atoms with van der Waals surface area (Å²) in [6.45, 7) is 6.21. The third kappa shape index (κ3) is 6.66. The number of hydrogen-bond acceptors (Lipinski definition) is 2. The van der Waals surface area contributed by atoms with Crippen molar-refractivity contribution in [2.45, 2.75) is 83.6 Å². The summed E-state index contributed by atoms with van der Waals surface area (Å²) in [5.41, 5.74) is 0. The first-order valence-corrected chi connectivity index (χ1v) is 10.0. The number of carbonyl (C=O) groups is 1. The Kier molecular flexibility index (Phi) is 8.73. The summed E-state index contributed by atoms with van der Waals surface area (Å²) in [4.78, 5) is 16.9. The van der Waals surface area contributed by atoms with Gasteiger partial charge >= 0.3 is 0 Å². The molecule has 2 aliphatic rings. The van der Waals surface area contributed by atoms with Crippen molar-refractivity contribution in [3.63, 3.8) is 0 Å². The average molecular weight is 321 g/mol. The highest BCUT2D eigenvalue weighted by Crippen LogP contribution is 2.23. The first kappa shape index (κ1) is 18.5. The van der Waals surface area contributed by atoms with E-state index in [1.165, 1.54) is 64.2 Å². The predicted molar refractivity (Wildman–Crippen MR) is 97.5 cm³/mol. The maximum absolute atomic E-state index is 12.2. The van der Waals surface area contributed by atoms with E-state index in [0.717, 1.165) is 38.6 Å². The minimum absolute atomic E-state index is 0.224. The molecule has 0 aromatic heterocycles. The Morgan fingerprint density at radius 3 is 2.35 bits per heavy atom. The zero-order valence-corrected chi connectivity index (χ0v) is 15.1. The first-order valence-electron chi connectivity index (χ1n) is 10.0. The molecule has 1 amide bonds. The van der Waals surface area contributed by atoms with Crippen LogP contribution in [-0.2, 0) is 4.79 Å². The van der Waals surface area contributed by atoms with Gasteiger partial charge in [-0.05, 0) is 31.8 Å². The molecule has 0 aromatic carbocycles. The van der Waals surface area contributed by atoms with Crippen LogP contribution in [0.25, 0.3) is 0 Å². The van der Waals surface area contributed by atoms with E-state index in [-0.39, 0.29) is 5.91 Å². The fourth-order valence-electron chi connectivity index (χ4n) is 3.91. The molecule has 0 radical (unpaired) electrons. The second kappa shape index (κ2) is 10.9. The minimum atomic E-state index is 0.224. The molecule has 0 aromatic rings. The van der Waals surface area contributed by atoms with Gasteiger partial charge in [-0.15, -0.1) is 0 Å². The molecule has 1 heterocycles. The predicted octanol–water partition coefficient (Wildman–Crippen LogP) is 4.38. The number of hydrogen-bond donors (Lipinski definition) is 0. The first-order chi connectivity index (χ1) is 11.3. The number of nitrogens with zero attached hydrogens (tertiary/aromatic N) is 2. The van der Waals surface area contributed by atoms with Gasteiger partial charge < -0.3 is 4.90 Å². The fraction of sp³-hybridized carbons (Fsp3) is 0.850. The van der Waals surface area contributed by atoms with Crippen LogP contribution in [0.4, 0.5) is 0 Å². The lowest BCUT2D eigenvalue weighted by Crippen LogP contribution is -2.52. The van der Waals surface area contributed by atoms with Gasteiger partial charge in [0.2, 0.25) is 5.91 Å². The Balaban J connectivity index is 1.59. The highest BCUT2D eigenvalue weighted by molar-refractivity contribution is 5.87. The van der Waals surface area contributed by atoms with Crippen molar-refractivity contribution >= 4 is 5.91 Å². The third-order valence-electron chi connectivity index (χ3n) is 5.45. The normalized spacial score (nSPS) is 21.2. The number of unbranched alkanes of at least 4 members (excludes halogenated alkanes) is 5. The van der Waals surface area contributed by atoms with E-state index in [4.69, 9.17) is 0 Å². The zero-order valence-electron chi connectivity index (χ0n) is 15.1. The van der Waals surface area contributed by atoms with E-state index in [9.17, 15) is 4.79 Å². The fourth-order valence-corrected chi connectivity index (χ4v) is 3.91. The number of rotatable bonds is 8. The molecular weight excluding hydrogens is 284 g/mol. The zero-order chi connectivity index (χ0) is 16.3. The summed E-state index contributed by atoms with van der Waals surface area (Å²) in [5.74, 6) is 0.224. The molecule has 2 fully saturated rings. The van der Waals surface area contributed by atoms with Crippen LogP contribution in [0.5, 0.6) is 0 Å². The molecule has 132 valence electrons. The molecule has 1 saturated carbocycles. The average Bonchev–Trinajstić information content (AvgIpc) is 2.61. The summed E-state index contributed by atoms with van der Waals surface area (Å²) in [7, 11) is 0. The van der Waals surface area contributed by atoms with Gasteiger partial charge in [0.1, 0.15) is 0 Å². The highest BCUT2D eigenvalue weighted by atomic mass is 16.2. The number of amides is 1. The minimum Gasteiger partial charge on any atom is -0.337 e. The molecule has 3 heteroatoms. The van der Waals surface area contributed by atoms with Crippen molar-refractivity contribution < 1.29 is 4.79 Å². The molecule has 3 nitrogen and oxygen atoms in total. The van der Waals surface area contributed by atoms with Crippen LogP contribution >= 0.6 is 0 Å². The van der Waals surface area contributed by atoms with Crippen LogP contribution < -0.4 is 0 Å². The molecule has 1 aliphatic heterocycles. The summed E-state index contributed by atoms with van der Waals surface area (Å²) in [6.07, 6.45) is 18.4. The van der Waals surface area contributed by atoms with Gasteiger partial charge in [-0.3, -0.25) is 9.69 Å². The lowest BCUT2D eigenvalue weighted by molar-refractivity contribution is -0.128. The van der Waals surface area contributed by atoms with Gasteiger partial charge in [-0.1, -0.05) is 57.9 Å². The van der Waals surface area contributed by atoms with E-state index in [1.54, 1.807) is 0 Å². The molecule has 23 heavy (non-hydrogen) atoms. The molecule has 0 N–H and O–H groups in total. The maximum atomic E-state index is 12.2. The van der Waals surface area contributed by atoms with Gasteiger partial charge in [0, 0.05) is 32.2 Å². The van der Waals surface area contributed by atoms with Crippen LogP contribution in [0.15, 0.2) is 12.2 Å².